The van der Waals surface area contributed by atoms with Crippen molar-refractivity contribution in [3.8, 4) is 17.3 Å². The van der Waals surface area contributed by atoms with Gasteiger partial charge in [0.15, 0.2) is 0 Å². The molecule has 0 saturated heterocycles. The van der Waals surface area contributed by atoms with Crippen LogP contribution in [-0.4, -0.2) is 16.6 Å². The van der Waals surface area contributed by atoms with Crippen LogP contribution in [0.2, 0.25) is 0 Å². The largest absolute Gasteiger partial charge is 0.417 e. The second-order valence-electron chi connectivity index (χ2n) is 6.55. The molecule has 1 aromatic heterocycles. The Morgan fingerprint density at radius 2 is 1.77 bits per heavy atom. The quantitative estimate of drug-likeness (QED) is 0.397. The van der Waals surface area contributed by atoms with E-state index in [0.29, 0.717) is 5.69 Å². The molecule has 1 N–H and O–H groups in total. The number of nitriles is 1. The summed E-state index contributed by atoms with van der Waals surface area (Å²) in [6.07, 6.45) is -4.80. The predicted molar refractivity (Wildman–Crippen MR) is 110 cm³/mol. The average molecular weight is 445 g/mol. The normalized spacial score (nSPS) is 11.1. The third kappa shape index (κ3) is 5.61. The molecular formula is C22H15F4N3OS. The fraction of sp³-hybridized carbons (Fsp3) is 0.136. The van der Waals surface area contributed by atoms with E-state index in [-0.39, 0.29) is 22.0 Å². The van der Waals surface area contributed by atoms with E-state index < -0.39 is 29.0 Å². The maximum Gasteiger partial charge on any atom is 0.417 e. The van der Waals surface area contributed by atoms with Crippen LogP contribution in [0, 0.1) is 24.1 Å². The fourth-order valence-corrected chi connectivity index (χ4v) is 3.50. The molecule has 1 heterocycles. The van der Waals surface area contributed by atoms with Crippen molar-refractivity contribution in [1.82, 2.24) is 4.98 Å². The number of aromatic nitrogens is 1. The third-order valence-corrected chi connectivity index (χ3v) is 5.19. The number of amides is 1. The van der Waals surface area contributed by atoms with Crippen molar-refractivity contribution >= 4 is 23.4 Å². The van der Waals surface area contributed by atoms with E-state index in [1.54, 1.807) is 30.3 Å². The van der Waals surface area contributed by atoms with Crippen LogP contribution in [0.3, 0.4) is 0 Å². The summed E-state index contributed by atoms with van der Waals surface area (Å²) in [6.45, 7) is 1.89. The number of aryl methyl sites for hydroxylation is 1. The SMILES string of the molecule is Cc1ccc(NC(=O)CSc2nc(-c3ccc(F)cc3)cc(C(F)(F)F)c2C#N)cc1. The summed E-state index contributed by atoms with van der Waals surface area (Å²) in [5.41, 5.74) is -0.0967. The van der Waals surface area contributed by atoms with Crippen LogP contribution in [0.1, 0.15) is 16.7 Å². The molecule has 2 aromatic carbocycles. The van der Waals surface area contributed by atoms with Gasteiger partial charge >= 0.3 is 6.18 Å². The number of rotatable bonds is 5. The number of nitrogens with zero attached hydrogens (tertiary/aromatic N) is 2. The maximum atomic E-state index is 13.6. The van der Waals surface area contributed by atoms with Crippen molar-refractivity contribution in [2.45, 2.75) is 18.1 Å². The summed E-state index contributed by atoms with van der Waals surface area (Å²) in [4.78, 5) is 16.4. The van der Waals surface area contributed by atoms with Crippen molar-refractivity contribution in [1.29, 1.82) is 5.26 Å². The number of thioether (sulfide) groups is 1. The lowest BCUT2D eigenvalue weighted by Gasteiger charge is -2.14. The molecule has 3 rings (SSSR count). The van der Waals surface area contributed by atoms with E-state index in [1.165, 1.54) is 12.1 Å². The highest BCUT2D eigenvalue weighted by atomic mass is 32.2. The van der Waals surface area contributed by atoms with Gasteiger partial charge in [0, 0.05) is 11.3 Å². The first-order valence-corrected chi connectivity index (χ1v) is 9.93. The molecule has 0 unspecified atom stereocenters. The molecule has 158 valence electrons. The number of hydrogen-bond acceptors (Lipinski definition) is 4. The molecule has 3 aromatic rings. The first-order valence-electron chi connectivity index (χ1n) is 8.95. The van der Waals surface area contributed by atoms with Crippen LogP contribution in [0.4, 0.5) is 23.2 Å². The summed E-state index contributed by atoms with van der Waals surface area (Å²) in [7, 11) is 0. The van der Waals surface area contributed by atoms with E-state index >= 15 is 0 Å². The number of carbonyl (C=O) groups is 1. The van der Waals surface area contributed by atoms with Gasteiger partial charge in [-0.2, -0.15) is 18.4 Å². The van der Waals surface area contributed by atoms with Crippen molar-refractivity contribution in [2.24, 2.45) is 0 Å². The lowest BCUT2D eigenvalue weighted by molar-refractivity contribution is -0.138. The van der Waals surface area contributed by atoms with E-state index in [1.807, 2.05) is 6.92 Å². The second-order valence-corrected chi connectivity index (χ2v) is 7.52. The molecule has 0 spiro atoms. The van der Waals surface area contributed by atoms with Crippen LogP contribution in [0.15, 0.2) is 59.6 Å². The van der Waals surface area contributed by atoms with E-state index in [4.69, 9.17) is 0 Å². The minimum atomic E-state index is -4.80. The van der Waals surface area contributed by atoms with Crippen molar-refractivity contribution in [3.05, 3.63) is 77.1 Å². The smallest absolute Gasteiger partial charge is 0.325 e. The summed E-state index contributed by atoms with van der Waals surface area (Å²) in [5, 5.41) is 11.7. The Kier molecular flexibility index (Phi) is 6.61. The van der Waals surface area contributed by atoms with Crippen LogP contribution < -0.4 is 5.32 Å². The van der Waals surface area contributed by atoms with Crippen molar-refractivity contribution in [3.63, 3.8) is 0 Å². The number of alkyl halides is 3. The average Bonchev–Trinajstić information content (AvgIpc) is 2.73. The van der Waals surface area contributed by atoms with Gasteiger partial charge in [0.25, 0.3) is 0 Å². The zero-order valence-corrected chi connectivity index (χ0v) is 16.9. The van der Waals surface area contributed by atoms with Gasteiger partial charge in [0.2, 0.25) is 5.91 Å². The van der Waals surface area contributed by atoms with Gasteiger partial charge in [-0.3, -0.25) is 4.79 Å². The Labute approximate surface area is 179 Å². The molecule has 0 aliphatic heterocycles. The highest BCUT2D eigenvalue weighted by Crippen LogP contribution is 2.38. The van der Waals surface area contributed by atoms with E-state index in [9.17, 15) is 27.6 Å². The van der Waals surface area contributed by atoms with Gasteiger partial charge in [-0.1, -0.05) is 29.5 Å². The fourth-order valence-electron chi connectivity index (χ4n) is 2.69. The van der Waals surface area contributed by atoms with Crippen LogP contribution in [0.5, 0.6) is 0 Å². The van der Waals surface area contributed by atoms with Gasteiger partial charge in [0.1, 0.15) is 16.9 Å². The minimum absolute atomic E-state index is 0.0761. The van der Waals surface area contributed by atoms with Crippen LogP contribution in [0.25, 0.3) is 11.3 Å². The predicted octanol–water partition coefficient (Wildman–Crippen LogP) is 5.82. The highest BCUT2D eigenvalue weighted by Gasteiger charge is 2.36. The Hall–Kier alpha value is -3.38. The molecule has 4 nitrogen and oxygen atoms in total. The number of nitrogens with one attached hydrogen (secondary N) is 1. The molecule has 31 heavy (non-hydrogen) atoms. The summed E-state index contributed by atoms with van der Waals surface area (Å²) < 4.78 is 53.9. The monoisotopic (exact) mass is 445 g/mol. The molecule has 1 amide bonds. The van der Waals surface area contributed by atoms with Crippen LogP contribution in [-0.2, 0) is 11.0 Å². The Bertz CT molecular complexity index is 1140. The molecule has 0 saturated carbocycles. The molecular weight excluding hydrogens is 430 g/mol. The lowest BCUT2D eigenvalue weighted by Crippen LogP contribution is -2.15. The Morgan fingerprint density at radius 1 is 1.13 bits per heavy atom. The number of benzene rings is 2. The first-order chi connectivity index (χ1) is 14.7. The standard InChI is InChI=1S/C22H15F4N3OS/c1-13-2-8-16(9-3-13)28-20(30)12-31-21-17(11-27)18(22(24,25)26)10-19(29-21)14-4-6-15(23)7-5-14/h2-10H,12H2,1H3,(H,28,30). The molecule has 0 aliphatic rings. The zero-order chi connectivity index (χ0) is 22.6. The number of hydrogen-bond donors (Lipinski definition) is 1. The zero-order valence-electron chi connectivity index (χ0n) is 16.1. The second kappa shape index (κ2) is 9.18. The van der Waals surface area contributed by atoms with Crippen molar-refractivity contribution < 1.29 is 22.4 Å². The van der Waals surface area contributed by atoms with Gasteiger partial charge in [0.05, 0.1) is 22.6 Å². The number of pyridine rings is 1. The molecule has 0 aliphatic carbocycles. The Morgan fingerprint density at radius 3 is 2.35 bits per heavy atom. The molecule has 0 bridgehead atoms. The molecule has 0 radical (unpaired) electrons. The lowest BCUT2D eigenvalue weighted by atomic mass is 10.1. The Balaban J connectivity index is 1.91. The maximum absolute atomic E-state index is 13.6. The van der Waals surface area contributed by atoms with Gasteiger partial charge in [-0.25, -0.2) is 9.37 Å². The summed E-state index contributed by atoms with van der Waals surface area (Å²) in [5.74, 6) is -1.25. The van der Waals surface area contributed by atoms with Gasteiger partial charge in [-0.05, 0) is 49.4 Å². The summed E-state index contributed by atoms with van der Waals surface area (Å²) >= 11 is 0.725. The molecule has 9 heteroatoms. The van der Waals surface area contributed by atoms with Gasteiger partial charge in [-0.15, -0.1) is 0 Å². The highest BCUT2D eigenvalue weighted by molar-refractivity contribution is 8.00. The third-order valence-electron chi connectivity index (χ3n) is 4.22. The van der Waals surface area contributed by atoms with Crippen molar-refractivity contribution in [2.75, 3.05) is 11.1 Å². The minimum Gasteiger partial charge on any atom is -0.325 e. The number of halogens is 4. The topological polar surface area (TPSA) is 65.8 Å². The van der Waals surface area contributed by atoms with Crippen LogP contribution >= 0.6 is 11.8 Å². The number of anilines is 1. The first kappa shape index (κ1) is 22.3. The molecule has 0 atom stereocenters. The summed E-state index contributed by atoms with van der Waals surface area (Å²) in [6, 6.07) is 14.1. The van der Waals surface area contributed by atoms with E-state index in [2.05, 4.69) is 10.3 Å². The molecule has 0 fully saturated rings. The van der Waals surface area contributed by atoms with Gasteiger partial charge < -0.3 is 5.32 Å². The number of carbonyl (C=O) groups excluding carboxylic acids is 1. The van der Waals surface area contributed by atoms with E-state index in [0.717, 1.165) is 35.5 Å².